The van der Waals surface area contributed by atoms with Crippen molar-refractivity contribution < 1.29 is 23.5 Å². The maximum Gasteiger partial charge on any atom is 0.410 e. The van der Waals surface area contributed by atoms with E-state index < -0.39 is 11.6 Å². The van der Waals surface area contributed by atoms with Gasteiger partial charge in [-0.2, -0.15) is 0 Å². The van der Waals surface area contributed by atoms with Crippen molar-refractivity contribution >= 4 is 12.1 Å². The van der Waals surface area contributed by atoms with E-state index in [1.807, 2.05) is 52.0 Å². The number of carbonyl (C=O) groups is 2. The Morgan fingerprint density at radius 3 is 2.55 bits per heavy atom. The van der Waals surface area contributed by atoms with Crippen LogP contribution in [0.2, 0.25) is 0 Å². The summed E-state index contributed by atoms with van der Waals surface area (Å²) in [5.41, 5.74) is 1.49. The average molecular weight is 400 g/mol. The molecule has 1 aromatic carbocycles. The number of hydrogen-bond acceptors (Lipinski definition) is 6. The van der Waals surface area contributed by atoms with Crippen LogP contribution < -0.4 is 0 Å². The van der Waals surface area contributed by atoms with Gasteiger partial charge in [-0.1, -0.05) is 29.8 Å². The highest BCUT2D eigenvalue weighted by Gasteiger charge is 2.35. The summed E-state index contributed by atoms with van der Waals surface area (Å²) in [6, 6.07) is 7.69. The van der Waals surface area contributed by atoms with E-state index in [1.165, 1.54) is 0 Å². The highest BCUT2D eigenvalue weighted by atomic mass is 16.6. The van der Waals surface area contributed by atoms with Crippen molar-refractivity contribution in [3.8, 4) is 11.3 Å². The van der Waals surface area contributed by atoms with E-state index in [0.717, 1.165) is 11.1 Å². The van der Waals surface area contributed by atoms with Crippen molar-refractivity contribution in [1.29, 1.82) is 0 Å². The van der Waals surface area contributed by atoms with Gasteiger partial charge in [0, 0.05) is 18.7 Å². The number of amides is 1. The normalized spacial score (nSPS) is 16.7. The molecule has 1 amide bonds. The first kappa shape index (κ1) is 20.9. The third kappa shape index (κ3) is 4.96. The van der Waals surface area contributed by atoms with Crippen molar-refractivity contribution in [1.82, 2.24) is 9.88 Å². The number of benzene rings is 1. The number of ether oxygens (including phenoxy) is 2. The van der Waals surface area contributed by atoms with E-state index in [2.05, 4.69) is 4.98 Å². The van der Waals surface area contributed by atoms with Crippen molar-refractivity contribution in [3.63, 3.8) is 0 Å². The molecular formula is C22H28N2O5. The smallest absolute Gasteiger partial charge is 0.410 e. The molecule has 1 unspecified atom stereocenters. The lowest BCUT2D eigenvalue weighted by Gasteiger charge is -2.24. The SMILES string of the molecule is CCOC(=O)c1nc(C2CCN(C(=O)OC(C)(C)C)C2)oc1-c1ccc(C)cc1. The number of likely N-dealkylation sites (tertiary alicyclic amines) is 1. The second-order valence-corrected chi connectivity index (χ2v) is 8.23. The molecule has 7 heteroatoms. The van der Waals surface area contributed by atoms with E-state index in [-0.39, 0.29) is 24.3 Å². The minimum atomic E-state index is -0.548. The van der Waals surface area contributed by atoms with Gasteiger partial charge in [-0.3, -0.25) is 0 Å². The summed E-state index contributed by atoms with van der Waals surface area (Å²) >= 11 is 0. The summed E-state index contributed by atoms with van der Waals surface area (Å²) in [6.45, 7) is 10.5. The summed E-state index contributed by atoms with van der Waals surface area (Å²) in [5.74, 6) is 0.221. The third-order valence-electron chi connectivity index (χ3n) is 4.62. The van der Waals surface area contributed by atoms with E-state index in [0.29, 0.717) is 31.2 Å². The van der Waals surface area contributed by atoms with Crippen molar-refractivity contribution in [2.45, 2.75) is 52.6 Å². The number of carbonyl (C=O) groups excluding carboxylic acids is 2. The molecule has 2 heterocycles. The first-order valence-electron chi connectivity index (χ1n) is 9.90. The van der Waals surface area contributed by atoms with Crippen LogP contribution in [0.15, 0.2) is 28.7 Å². The lowest BCUT2D eigenvalue weighted by Crippen LogP contribution is -2.35. The molecule has 1 aromatic heterocycles. The van der Waals surface area contributed by atoms with Gasteiger partial charge in [0.2, 0.25) is 5.89 Å². The molecule has 1 saturated heterocycles. The number of oxazole rings is 1. The number of hydrogen-bond donors (Lipinski definition) is 0. The Hall–Kier alpha value is -2.83. The monoisotopic (exact) mass is 400 g/mol. The standard InChI is InChI=1S/C22H28N2O5/c1-6-27-20(25)17-18(15-9-7-14(2)8-10-15)28-19(23-17)16-11-12-24(13-16)21(26)29-22(3,4)5/h7-10,16H,6,11-13H2,1-5H3. The Labute approximate surface area is 171 Å². The van der Waals surface area contributed by atoms with Gasteiger partial charge >= 0.3 is 12.1 Å². The van der Waals surface area contributed by atoms with Gasteiger partial charge in [0.15, 0.2) is 11.5 Å². The number of rotatable bonds is 4. The Morgan fingerprint density at radius 1 is 1.24 bits per heavy atom. The molecule has 1 fully saturated rings. The summed E-state index contributed by atoms with van der Waals surface area (Å²) in [7, 11) is 0. The number of nitrogens with zero attached hydrogens (tertiary/aromatic N) is 2. The summed E-state index contributed by atoms with van der Waals surface area (Å²) < 4.78 is 16.6. The number of aromatic nitrogens is 1. The van der Waals surface area contributed by atoms with Crippen LogP contribution in [-0.4, -0.2) is 47.2 Å². The Balaban J connectivity index is 1.85. The molecule has 0 bridgehead atoms. The summed E-state index contributed by atoms with van der Waals surface area (Å²) in [4.78, 5) is 30.9. The topological polar surface area (TPSA) is 81.9 Å². The number of aryl methyl sites for hydroxylation is 1. The lowest BCUT2D eigenvalue weighted by molar-refractivity contribution is 0.0291. The van der Waals surface area contributed by atoms with Crippen LogP contribution in [-0.2, 0) is 9.47 Å². The second-order valence-electron chi connectivity index (χ2n) is 8.23. The maximum absolute atomic E-state index is 12.4. The zero-order valence-electron chi connectivity index (χ0n) is 17.7. The van der Waals surface area contributed by atoms with E-state index in [9.17, 15) is 9.59 Å². The van der Waals surface area contributed by atoms with Crippen molar-refractivity contribution in [2.24, 2.45) is 0 Å². The van der Waals surface area contributed by atoms with Crippen LogP contribution in [0.25, 0.3) is 11.3 Å². The van der Waals surface area contributed by atoms with Gasteiger partial charge in [-0.25, -0.2) is 14.6 Å². The van der Waals surface area contributed by atoms with Gasteiger partial charge in [0.1, 0.15) is 5.60 Å². The largest absolute Gasteiger partial charge is 0.461 e. The minimum absolute atomic E-state index is 0.102. The minimum Gasteiger partial charge on any atom is -0.461 e. The second kappa shape index (κ2) is 8.27. The van der Waals surface area contributed by atoms with Crippen LogP contribution in [0.3, 0.4) is 0 Å². The summed E-state index contributed by atoms with van der Waals surface area (Å²) in [6.07, 6.45) is 0.339. The molecule has 2 aromatic rings. The van der Waals surface area contributed by atoms with Crippen molar-refractivity contribution in [3.05, 3.63) is 41.4 Å². The highest BCUT2D eigenvalue weighted by Crippen LogP contribution is 2.33. The van der Waals surface area contributed by atoms with Crippen LogP contribution in [0.1, 0.15) is 62.0 Å². The van der Waals surface area contributed by atoms with Crippen LogP contribution >= 0.6 is 0 Å². The average Bonchev–Trinajstić information content (AvgIpc) is 3.28. The fourth-order valence-corrected chi connectivity index (χ4v) is 3.20. The molecule has 0 saturated carbocycles. The molecular weight excluding hydrogens is 372 g/mol. The highest BCUT2D eigenvalue weighted by molar-refractivity contribution is 5.93. The Morgan fingerprint density at radius 2 is 1.93 bits per heavy atom. The van der Waals surface area contributed by atoms with E-state index in [1.54, 1.807) is 11.8 Å². The molecule has 0 N–H and O–H groups in total. The molecule has 156 valence electrons. The van der Waals surface area contributed by atoms with Crippen LogP contribution in [0.4, 0.5) is 4.79 Å². The fraction of sp³-hybridized carbons (Fsp3) is 0.500. The molecule has 1 aliphatic rings. The molecule has 3 rings (SSSR count). The third-order valence-corrected chi connectivity index (χ3v) is 4.62. The molecule has 0 radical (unpaired) electrons. The lowest BCUT2D eigenvalue weighted by atomic mass is 10.1. The first-order chi connectivity index (χ1) is 13.7. The predicted octanol–water partition coefficient (Wildman–Crippen LogP) is 4.55. The molecule has 0 aliphatic carbocycles. The molecule has 1 atom stereocenters. The maximum atomic E-state index is 12.4. The zero-order chi connectivity index (χ0) is 21.2. The fourth-order valence-electron chi connectivity index (χ4n) is 3.20. The Kier molecular flexibility index (Phi) is 5.96. The quantitative estimate of drug-likeness (QED) is 0.700. The van der Waals surface area contributed by atoms with Crippen LogP contribution in [0, 0.1) is 6.92 Å². The number of esters is 1. The van der Waals surface area contributed by atoms with Gasteiger partial charge in [-0.05, 0) is 41.0 Å². The molecule has 0 spiro atoms. The molecule has 29 heavy (non-hydrogen) atoms. The molecule has 7 nitrogen and oxygen atoms in total. The van der Waals surface area contributed by atoms with Gasteiger partial charge in [-0.15, -0.1) is 0 Å². The van der Waals surface area contributed by atoms with E-state index >= 15 is 0 Å². The van der Waals surface area contributed by atoms with Gasteiger partial charge < -0.3 is 18.8 Å². The first-order valence-corrected chi connectivity index (χ1v) is 9.90. The van der Waals surface area contributed by atoms with Gasteiger partial charge in [0.25, 0.3) is 0 Å². The zero-order valence-corrected chi connectivity index (χ0v) is 17.7. The van der Waals surface area contributed by atoms with E-state index in [4.69, 9.17) is 13.9 Å². The summed E-state index contributed by atoms with van der Waals surface area (Å²) in [5, 5.41) is 0. The predicted molar refractivity (Wildman–Crippen MR) is 108 cm³/mol. The van der Waals surface area contributed by atoms with Crippen molar-refractivity contribution in [2.75, 3.05) is 19.7 Å². The van der Waals surface area contributed by atoms with Crippen LogP contribution in [0.5, 0.6) is 0 Å². The molecule has 1 aliphatic heterocycles. The Bertz CT molecular complexity index is 880. The van der Waals surface area contributed by atoms with Gasteiger partial charge in [0.05, 0.1) is 12.5 Å².